The van der Waals surface area contributed by atoms with E-state index >= 15 is 0 Å². The highest BCUT2D eigenvalue weighted by atomic mass is 16.5. The quantitative estimate of drug-likeness (QED) is 0.680. The molecule has 2 aliphatic rings. The van der Waals surface area contributed by atoms with E-state index in [0.29, 0.717) is 18.4 Å². The van der Waals surface area contributed by atoms with Crippen molar-refractivity contribution < 1.29 is 14.3 Å². The highest BCUT2D eigenvalue weighted by molar-refractivity contribution is 5.69. The molecular weight excluding hydrogens is 300 g/mol. The lowest BCUT2D eigenvalue weighted by Gasteiger charge is -2.31. The van der Waals surface area contributed by atoms with Crippen LogP contribution in [-0.2, 0) is 9.53 Å². The minimum absolute atomic E-state index is 0.0383. The maximum atomic E-state index is 11.7. The molecule has 132 valence electrons. The van der Waals surface area contributed by atoms with Crippen molar-refractivity contribution in [3.8, 4) is 5.75 Å². The van der Waals surface area contributed by atoms with Crippen LogP contribution >= 0.6 is 0 Å². The molecule has 0 aliphatic heterocycles. The smallest absolute Gasteiger partial charge is 0.305 e. The summed E-state index contributed by atoms with van der Waals surface area (Å²) >= 11 is 0. The first kappa shape index (κ1) is 17.3. The van der Waals surface area contributed by atoms with Gasteiger partial charge in [-0.25, -0.2) is 0 Å². The zero-order valence-electron chi connectivity index (χ0n) is 14.8. The maximum Gasteiger partial charge on any atom is 0.305 e. The Balaban J connectivity index is 1.63. The molecule has 2 aliphatic carbocycles. The maximum absolute atomic E-state index is 11.7. The fourth-order valence-corrected chi connectivity index (χ4v) is 4.04. The second kappa shape index (κ2) is 8.55. The molecule has 0 bridgehead atoms. The van der Waals surface area contributed by atoms with Crippen LogP contribution < -0.4 is 4.74 Å². The molecule has 0 spiro atoms. The monoisotopic (exact) mass is 330 g/mol. The van der Waals surface area contributed by atoms with E-state index in [1.807, 2.05) is 6.92 Å². The van der Waals surface area contributed by atoms with E-state index in [4.69, 9.17) is 9.47 Å². The first-order valence-corrected chi connectivity index (χ1v) is 9.72. The minimum atomic E-state index is -0.0795. The molecule has 2 saturated carbocycles. The van der Waals surface area contributed by atoms with Gasteiger partial charge in [-0.3, -0.25) is 4.79 Å². The third-order valence-corrected chi connectivity index (χ3v) is 5.44. The summed E-state index contributed by atoms with van der Waals surface area (Å²) in [6.45, 7) is 1.86. The minimum Gasteiger partial charge on any atom is -0.490 e. The molecule has 0 radical (unpaired) electrons. The molecule has 0 heterocycles. The van der Waals surface area contributed by atoms with Crippen molar-refractivity contribution in [3.63, 3.8) is 0 Å². The second-order valence-electron chi connectivity index (χ2n) is 7.22. The van der Waals surface area contributed by atoms with Gasteiger partial charge in [0.05, 0.1) is 6.10 Å². The van der Waals surface area contributed by atoms with Crippen LogP contribution in [0.15, 0.2) is 24.3 Å². The van der Waals surface area contributed by atoms with Crippen LogP contribution in [0.5, 0.6) is 5.75 Å². The van der Waals surface area contributed by atoms with Crippen molar-refractivity contribution in [1.82, 2.24) is 0 Å². The number of carbonyl (C=O) groups excluding carboxylic acids is 1. The van der Waals surface area contributed by atoms with Gasteiger partial charge in [0.1, 0.15) is 11.9 Å². The van der Waals surface area contributed by atoms with E-state index in [-0.39, 0.29) is 12.1 Å². The fourth-order valence-electron chi connectivity index (χ4n) is 4.04. The summed E-state index contributed by atoms with van der Waals surface area (Å²) in [6, 6.07) is 8.52. The largest absolute Gasteiger partial charge is 0.490 e. The van der Waals surface area contributed by atoms with Crippen molar-refractivity contribution in [3.05, 3.63) is 29.8 Å². The van der Waals surface area contributed by atoms with Crippen molar-refractivity contribution in [2.45, 2.75) is 89.3 Å². The second-order valence-corrected chi connectivity index (χ2v) is 7.22. The predicted octanol–water partition coefficient (Wildman–Crippen LogP) is 5.38. The third-order valence-electron chi connectivity index (χ3n) is 5.44. The summed E-state index contributed by atoms with van der Waals surface area (Å²) in [7, 11) is 0. The summed E-state index contributed by atoms with van der Waals surface area (Å²) in [6.07, 6.45) is 11.6. The summed E-state index contributed by atoms with van der Waals surface area (Å²) in [5, 5.41) is 0. The van der Waals surface area contributed by atoms with E-state index in [0.717, 1.165) is 25.0 Å². The molecule has 1 aromatic carbocycles. The third kappa shape index (κ3) is 4.52. The van der Waals surface area contributed by atoms with Gasteiger partial charge in [0.2, 0.25) is 0 Å². The number of ether oxygens (including phenoxy) is 2. The molecule has 24 heavy (non-hydrogen) atoms. The zero-order valence-corrected chi connectivity index (χ0v) is 14.8. The highest BCUT2D eigenvalue weighted by Crippen LogP contribution is 2.36. The molecule has 0 unspecified atom stereocenters. The Morgan fingerprint density at radius 1 is 0.958 bits per heavy atom. The van der Waals surface area contributed by atoms with Crippen molar-refractivity contribution in [1.29, 1.82) is 0 Å². The fraction of sp³-hybridized carbons (Fsp3) is 0.667. The highest BCUT2D eigenvalue weighted by Gasteiger charge is 2.29. The summed E-state index contributed by atoms with van der Waals surface area (Å²) < 4.78 is 11.8. The lowest BCUT2D eigenvalue weighted by Crippen LogP contribution is -2.28. The molecule has 0 saturated heterocycles. The SMILES string of the molecule is CCC(=O)O[C@@H]1CCCC[C@H]1c1ccc(OC2CCCCC2)cc1. The first-order valence-electron chi connectivity index (χ1n) is 9.72. The van der Waals surface area contributed by atoms with Gasteiger partial charge < -0.3 is 9.47 Å². The summed E-state index contributed by atoms with van der Waals surface area (Å²) in [5.74, 6) is 1.23. The first-order chi connectivity index (χ1) is 11.8. The summed E-state index contributed by atoms with van der Waals surface area (Å²) in [5.41, 5.74) is 1.28. The lowest BCUT2D eigenvalue weighted by molar-refractivity contribution is -0.151. The van der Waals surface area contributed by atoms with Crippen LogP contribution in [0.25, 0.3) is 0 Å². The Hall–Kier alpha value is -1.51. The van der Waals surface area contributed by atoms with Crippen molar-refractivity contribution >= 4 is 5.97 Å². The van der Waals surface area contributed by atoms with E-state index in [1.54, 1.807) is 0 Å². The van der Waals surface area contributed by atoms with Crippen LogP contribution in [0.1, 0.15) is 82.6 Å². The van der Waals surface area contributed by atoms with E-state index in [2.05, 4.69) is 24.3 Å². The van der Waals surface area contributed by atoms with Crippen molar-refractivity contribution in [2.75, 3.05) is 0 Å². The molecule has 2 atom stereocenters. The number of esters is 1. The van der Waals surface area contributed by atoms with E-state index in [1.165, 1.54) is 44.1 Å². The number of carbonyl (C=O) groups is 1. The van der Waals surface area contributed by atoms with Gasteiger partial charge in [-0.05, 0) is 62.6 Å². The van der Waals surface area contributed by atoms with Gasteiger partial charge in [0.15, 0.2) is 0 Å². The molecule has 1 aromatic rings. The zero-order chi connectivity index (χ0) is 16.8. The Labute approximate surface area is 145 Å². The molecule has 3 nitrogen and oxygen atoms in total. The number of benzene rings is 1. The average Bonchev–Trinajstić information content (AvgIpc) is 2.64. The van der Waals surface area contributed by atoms with Crippen LogP contribution in [0.3, 0.4) is 0 Å². The lowest BCUT2D eigenvalue weighted by atomic mass is 9.81. The van der Waals surface area contributed by atoms with Crippen LogP contribution in [0.4, 0.5) is 0 Å². The van der Waals surface area contributed by atoms with E-state index in [9.17, 15) is 4.79 Å². The topological polar surface area (TPSA) is 35.5 Å². The Kier molecular flexibility index (Phi) is 6.17. The molecular formula is C21H30O3. The number of hydrogen-bond acceptors (Lipinski definition) is 3. The number of hydrogen-bond donors (Lipinski definition) is 0. The van der Waals surface area contributed by atoms with Gasteiger partial charge in [0, 0.05) is 12.3 Å². The molecule has 0 N–H and O–H groups in total. The van der Waals surface area contributed by atoms with Crippen LogP contribution in [-0.4, -0.2) is 18.2 Å². The molecule has 2 fully saturated rings. The molecule has 0 amide bonds. The van der Waals surface area contributed by atoms with Crippen LogP contribution in [0, 0.1) is 0 Å². The van der Waals surface area contributed by atoms with Crippen LogP contribution in [0.2, 0.25) is 0 Å². The Morgan fingerprint density at radius 2 is 1.62 bits per heavy atom. The van der Waals surface area contributed by atoms with Gasteiger partial charge in [-0.15, -0.1) is 0 Å². The van der Waals surface area contributed by atoms with Gasteiger partial charge in [0.25, 0.3) is 0 Å². The van der Waals surface area contributed by atoms with Gasteiger partial charge in [-0.1, -0.05) is 31.9 Å². The van der Waals surface area contributed by atoms with Gasteiger partial charge >= 0.3 is 5.97 Å². The summed E-state index contributed by atoms with van der Waals surface area (Å²) in [4.78, 5) is 11.7. The van der Waals surface area contributed by atoms with Gasteiger partial charge in [-0.2, -0.15) is 0 Å². The number of rotatable bonds is 5. The Morgan fingerprint density at radius 3 is 2.33 bits per heavy atom. The van der Waals surface area contributed by atoms with Crippen molar-refractivity contribution in [2.24, 2.45) is 0 Å². The predicted molar refractivity (Wildman–Crippen MR) is 95.3 cm³/mol. The van der Waals surface area contributed by atoms with E-state index < -0.39 is 0 Å². The molecule has 3 heteroatoms. The Bertz CT molecular complexity index is 516. The normalized spacial score (nSPS) is 25.2. The standard InChI is InChI=1S/C21H30O3/c1-2-21(22)24-20-11-7-6-10-19(20)16-12-14-18(15-13-16)23-17-8-4-3-5-9-17/h12-15,17,19-20H,2-11H2,1H3/t19-,20+/m0/s1. The average molecular weight is 330 g/mol. The molecule has 3 rings (SSSR count). The molecule has 0 aromatic heterocycles.